The molecule has 0 saturated heterocycles. The summed E-state index contributed by atoms with van der Waals surface area (Å²) in [5.41, 5.74) is 5.41. The molecule has 1 heterocycles. The lowest BCUT2D eigenvalue weighted by molar-refractivity contribution is 0.389. The van der Waals surface area contributed by atoms with E-state index < -0.39 is 23.7 Å². The van der Waals surface area contributed by atoms with Crippen molar-refractivity contribution in [2.75, 3.05) is 7.05 Å². The summed E-state index contributed by atoms with van der Waals surface area (Å²) in [6.45, 7) is 17.4. The Morgan fingerprint density at radius 3 is 1.71 bits per heavy atom. The third kappa shape index (κ3) is 6.43. The summed E-state index contributed by atoms with van der Waals surface area (Å²) in [4.78, 5) is 0. The number of hydrogen-bond donors (Lipinski definition) is 0. The maximum atomic E-state index is 14.1. The van der Waals surface area contributed by atoms with Crippen LogP contribution >= 0.6 is 7.92 Å². The summed E-state index contributed by atoms with van der Waals surface area (Å²) in [7, 11) is -0.192. The monoisotopic (exact) mass is 673 g/mol. The number of nitrogens with zero attached hydrogens (tertiary/aromatic N) is 1. The molecule has 6 rings (SSSR count). The molecular weight excluding hydrogens is 626 g/mol. The van der Waals surface area contributed by atoms with Crippen LogP contribution in [-0.2, 0) is 21.8 Å². The fourth-order valence-electron chi connectivity index (χ4n) is 6.78. The molecule has 5 aromatic carbocycles. The summed E-state index contributed by atoms with van der Waals surface area (Å²) in [5.74, 6) is 1.80. The summed E-state index contributed by atoms with van der Waals surface area (Å²) >= 11 is 0. The molecule has 0 radical (unpaired) electrons. The molecule has 0 amide bonds. The van der Waals surface area contributed by atoms with E-state index in [0.717, 1.165) is 28.2 Å². The molecular formula is C43H48NO2PS. The van der Waals surface area contributed by atoms with E-state index in [0.29, 0.717) is 0 Å². The van der Waals surface area contributed by atoms with Crippen molar-refractivity contribution in [1.29, 1.82) is 0 Å². The first-order chi connectivity index (χ1) is 22.7. The smallest absolute Gasteiger partial charge is 0.139 e. The Morgan fingerprint density at radius 2 is 1.19 bits per heavy atom. The van der Waals surface area contributed by atoms with Crippen molar-refractivity contribution < 1.29 is 8.95 Å². The van der Waals surface area contributed by atoms with Crippen molar-refractivity contribution in [1.82, 2.24) is 4.31 Å². The Morgan fingerprint density at radius 1 is 0.667 bits per heavy atom. The molecule has 2 atom stereocenters. The molecule has 0 bridgehead atoms. The molecule has 0 spiro atoms. The van der Waals surface area contributed by atoms with Crippen LogP contribution in [0.25, 0.3) is 0 Å². The molecule has 1 aliphatic heterocycles. The highest BCUT2D eigenvalue weighted by Crippen LogP contribution is 2.53. The van der Waals surface area contributed by atoms with E-state index in [4.69, 9.17) is 4.74 Å². The second-order valence-electron chi connectivity index (χ2n) is 15.3. The van der Waals surface area contributed by atoms with Gasteiger partial charge in [0, 0.05) is 34.5 Å². The summed E-state index contributed by atoms with van der Waals surface area (Å²) in [6.07, 6.45) is 0. The van der Waals surface area contributed by atoms with Gasteiger partial charge in [-0.25, -0.2) is 8.51 Å². The fraction of sp³-hybridized carbons (Fsp3) is 0.302. The lowest BCUT2D eigenvalue weighted by Crippen LogP contribution is -2.38. The Balaban J connectivity index is 1.56. The van der Waals surface area contributed by atoms with Gasteiger partial charge in [0.15, 0.2) is 0 Å². The van der Waals surface area contributed by atoms with Gasteiger partial charge in [-0.05, 0) is 55.8 Å². The SMILES string of the molecule is CN([C@H](c1ccc(C(C)(C)C)cc1)c1cccc2c1Oc1c(P(c3ccccc3)c3ccccc3)cccc1C2(C)C)S(=O)C(C)(C)C. The normalized spacial score (nSPS) is 15.4. The van der Waals surface area contributed by atoms with Gasteiger partial charge < -0.3 is 4.74 Å². The van der Waals surface area contributed by atoms with Crippen LogP contribution in [0.2, 0.25) is 0 Å². The van der Waals surface area contributed by atoms with Crippen molar-refractivity contribution in [3.05, 3.63) is 149 Å². The highest BCUT2D eigenvalue weighted by molar-refractivity contribution is 7.84. The number of rotatable bonds is 7. The topological polar surface area (TPSA) is 29.5 Å². The number of fused-ring (bicyclic) bond motifs is 2. The van der Waals surface area contributed by atoms with Gasteiger partial charge in [-0.3, -0.25) is 0 Å². The van der Waals surface area contributed by atoms with Gasteiger partial charge in [0.1, 0.15) is 22.5 Å². The van der Waals surface area contributed by atoms with Crippen molar-refractivity contribution in [3.8, 4) is 11.5 Å². The molecule has 0 saturated carbocycles. The van der Waals surface area contributed by atoms with E-state index in [1.807, 2.05) is 32.1 Å². The quantitative estimate of drug-likeness (QED) is 0.161. The number of para-hydroxylation sites is 2. The zero-order valence-corrected chi connectivity index (χ0v) is 31.5. The van der Waals surface area contributed by atoms with Crippen molar-refractivity contribution in [2.45, 2.75) is 77.0 Å². The third-order valence-electron chi connectivity index (χ3n) is 9.40. The Hall–Kier alpha value is -3.56. The van der Waals surface area contributed by atoms with Crippen LogP contribution in [0.4, 0.5) is 0 Å². The van der Waals surface area contributed by atoms with Gasteiger partial charge in [-0.15, -0.1) is 0 Å². The lowest BCUT2D eigenvalue weighted by Gasteiger charge is -2.40. The van der Waals surface area contributed by atoms with E-state index in [2.05, 4.69) is 156 Å². The summed E-state index contributed by atoms with van der Waals surface area (Å²) in [6, 6.07) is 43.3. The van der Waals surface area contributed by atoms with E-state index in [1.165, 1.54) is 27.0 Å². The largest absolute Gasteiger partial charge is 0.456 e. The Labute approximate surface area is 291 Å². The second-order valence-corrected chi connectivity index (χ2v) is 19.8. The molecule has 248 valence electrons. The van der Waals surface area contributed by atoms with Gasteiger partial charge in [0.05, 0.1) is 10.8 Å². The highest BCUT2D eigenvalue weighted by atomic mass is 32.2. The summed E-state index contributed by atoms with van der Waals surface area (Å²) in [5, 5.41) is 3.76. The van der Waals surface area contributed by atoms with Crippen LogP contribution in [-0.4, -0.2) is 20.3 Å². The van der Waals surface area contributed by atoms with E-state index in [-0.39, 0.29) is 16.9 Å². The fourth-order valence-corrected chi connectivity index (χ4v) is 10.5. The van der Waals surface area contributed by atoms with Crippen molar-refractivity contribution in [2.24, 2.45) is 0 Å². The molecule has 0 aliphatic carbocycles. The van der Waals surface area contributed by atoms with E-state index in [9.17, 15) is 4.21 Å². The minimum absolute atomic E-state index is 0.0309. The van der Waals surface area contributed by atoms with Crippen LogP contribution in [0, 0.1) is 0 Å². The van der Waals surface area contributed by atoms with Gasteiger partial charge in [0.25, 0.3) is 0 Å². The predicted octanol–water partition coefficient (Wildman–Crippen LogP) is 9.66. The summed E-state index contributed by atoms with van der Waals surface area (Å²) < 4.78 is 23.0. The molecule has 1 aliphatic rings. The molecule has 5 aromatic rings. The first-order valence-electron chi connectivity index (χ1n) is 16.8. The standard InChI is InChI=1S/C43H48NO2PS/c1-41(2,3)31-28-26-30(27-29-31)38(44(9)48(45)42(4,5)6)34-22-16-23-35-39(34)46-40-36(43(35,7)8)24-17-25-37(40)47(32-18-12-10-13-19-32)33-20-14-11-15-21-33/h10-29,38H,1-9H3/t38-,48?/m1/s1. The van der Waals surface area contributed by atoms with Crippen LogP contribution in [0.5, 0.6) is 11.5 Å². The second kappa shape index (κ2) is 13.0. The van der Waals surface area contributed by atoms with Crippen molar-refractivity contribution in [3.63, 3.8) is 0 Å². The Kier molecular flexibility index (Phi) is 9.33. The molecule has 3 nitrogen and oxygen atoms in total. The first kappa shape index (κ1) is 34.3. The molecule has 0 fully saturated rings. The minimum atomic E-state index is -1.28. The maximum absolute atomic E-state index is 14.1. The van der Waals surface area contributed by atoms with Crippen LogP contribution in [0.3, 0.4) is 0 Å². The Bertz CT molecular complexity index is 1880. The predicted molar refractivity (Wildman–Crippen MR) is 206 cm³/mol. The van der Waals surface area contributed by atoms with Crippen LogP contribution < -0.4 is 20.7 Å². The number of ether oxygens (including phenoxy) is 1. The zero-order valence-electron chi connectivity index (χ0n) is 29.7. The average molecular weight is 674 g/mol. The van der Waals surface area contributed by atoms with E-state index >= 15 is 0 Å². The molecule has 0 aromatic heterocycles. The maximum Gasteiger partial charge on any atom is 0.139 e. The lowest BCUT2D eigenvalue weighted by atomic mass is 9.74. The zero-order chi connectivity index (χ0) is 34.4. The molecule has 5 heteroatoms. The molecule has 0 N–H and O–H groups in total. The van der Waals surface area contributed by atoms with Crippen molar-refractivity contribution >= 4 is 34.8 Å². The highest BCUT2D eigenvalue weighted by Gasteiger charge is 2.40. The van der Waals surface area contributed by atoms with Gasteiger partial charge in [0.2, 0.25) is 0 Å². The van der Waals surface area contributed by atoms with Crippen LogP contribution in [0.1, 0.15) is 89.2 Å². The minimum Gasteiger partial charge on any atom is -0.456 e. The third-order valence-corrected chi connectivity index (χ3v) is 13.6. The number of benzene rings is 5. The molecule has 48 heavy (non-hydrogen) atoms. The molecule has 1 unspecified atom stereocenters. The van der Waals surface area contributed by atoms with Crippen LogP contribution in [0.15, 0.2) is 121 Å². The average Bonchev–Trinajstić information content (AvgIpc) is 3.06. The van der Waals surface area contributed by atoms with Gasteiger partial charge in [-0.2, -0.15) is 0 Å². The van der Waals surface area contributed by atoms with E-state index in [1.54, 1.807) is 0 Å². The number of hydrogen-bond acceptors (Lipinski definition) is 2. The first-order valence-corrected chi connectivity index (χ1v) is 19.2. The van der Waals surface area contributed by atoms with Gasteiger partial charge >= 0.3 is 0 Å². The van der Waals surface area contributed by atoms with Gasteiger partial charge in [-0.1, -0.05) is 156 Å².